The van der Waals surface area contributed by atoms with E-state index >= 15 is 0 Å². The Bertz CT molecular complexity index is 462. The van der Waals surface area contributed by atoms with E-state index in [0.717, 1.165) is 4.90 Å². The van der Waals surface area contributed by atoms with Crippen LogP contribution in [0.4, 0.5) is 0 Å². The van der Waals surface area contributed by atoms with Gasteiger partial charge in [0.25, 0.3) is 12.2 Å². The molecular formula is C11H11NO5. The lowest BCUT2D eigenvalue weighted by atomic mass is 10.2. The maximum absolute atomic E-state index is 11.5. The van der Waals surface area contributed by atoms with E-state index in [0.29, 0.717) is 5.57 Å². The van der Waals surface area contributed by atoms with Crippen molar-refractivity contribution in [3.05, 3.63) is 23.5 Å². The molecule has 0 bridgehead atoms. The molecule has 6 heteroatoms. The maximum Gasteiger partial charge on any atom is 0.336 e. The summed E-state index contributed by atoms with van der Waals surface area (Å²) in [7, 11) is 1.41. The quantitative estimate of drug-likeness (QED) is 0.295. The van der Waals surface area contributed by atoms with Crippen LogP contribution in [0.1, 0.15) is 13.3 Å². The predicted molar refractivity (Wildman–Crippen MR) is 55.2 cm³/mol. The topological polar surface area (TPSA) is 72.9 Å². The second-order valence-electron chi connectivity index (χ2n) is 3.84. The van der Waals surface area contributed by atoms with E-state index in [1.807, 2.05) is 0 Å². The smallest absolute Gasteiger partial charge is 0.336 e. The molecule has 1 fully saturated rings. The number of nitrogens with zero attached hydrogens (tertiary/aromatic N) is 1. The van der Waals surface area contributed by atoms with E-state index in [1.165, 1.54) is 19.4 Å². The molecule has 1 atom stereocenters. The molecule has 0 radical (unpaired) electrons. The summed E-state index contributed by atoms with van der Waals surface area (Å²) in [6.07, 6.45) is 1.88. The average molecular weight is 237 g/mol. The number of esters is 1. The van der Waals surface area contributed by atoms with Crippen LogP contribution in [0.2, 0.25) is 0 Å². The second kappa shape index (κ2) is 4.04. The number of carbonyl (C=O) groups is 3. The van der Waals surface area contributed by atoms with Crippen LogP contribution in [0.3, 0.4) is 0 Å². The first-order valence-electron chi connectivity index (χ1n) is 5.04. The number of cyclic esters (lactones) is 1. The highest BCUT2D eigenvalue weighted by molar-refractivity contribution is 6.12. The van der Waals surface area contributed by atoms with E-state index in [2.05, 4.69) is 0 Å². The van der Waals surface area contributed by atoms with Crippen molar-refractivity contribution >= 4 is 17.8 Å². The zero-order valence-electron chi connectivity index (χ0n) is 9.43. The molecule has 2 aliphatic rings. The largest absolute Gasteiger partial charge is 0.458 e. The monoisotopic (exact) mass is 237 g/mol. The number of rotatable bonds is 2. The van der Waals surface area contributed by atoms with Gasteiger partial charge in [0.05, 0.1) is 18.3 Å². The summed E-state index contributed by atoms with van der Waals surface area (Å²) < 4.78 is 9.93. The lowest BCUT2D eigenvalue weighted by Crippen LogP contribution is -2.23. The molecular weight excluding hydrogens is 226 g/mol. The molecule has 2 rings (SSSR count). The van der Waals surface area contributed by atoms with Gasteiger partial charge in [-0.3, -0.25) is 14.5 Å². The molecule has 0 aromatic rings. The van der Waals surface area contributed by atoms with Gasteiger partial charge < -0.3 is 9.47 Å². The van der Waals surface area contributed by atoms with Gasteiger partial charge in [0.2, 0.25) is 5.91 Å². The minimum absolute atomic E-state index is 0.0126. The molecule has 17 heavy (non-hydrogen) atoms. The second-order valence-corrected chi connectivity index (χ2v) is 3.84. The van der Waals surface area contributed by atoms with Gasteiger partial charge in [-0.05, 0) is 6.92 Å². The summed E-state index contributed by atoms with van der Waals surface area (Å²) in [6, 6.07) is 0. The number of amides is 2. The Morgan fingerprint density at radius 3 is 2.65 bits per heavy atom. The van der Waals surface area contributed by atoms with Crippen LogP contribution >= 0.6 is 0 Å². The van der Waals surface area contributed by atoms with Crippen LogP contribution in [0.15, 0.2) is 23.5 Å². The van der Waals surface area contributed by atoms with Gasteiger partial charge in [-0.25, -0.2) is 4.79 Å². The summed E-state index contributed by atoms with van der Waals surface area (Å²) >= 11 is 0. The lowest BCUT2D eigenvalue weighted by molar-refractivity contribution is -0.152. The van der Waals surface area contributed by atoms with Gasteiger partial charge in [0.1, 0.15) is 0 Å². The highest BCUT2D eigenvalue weighted by Gasteiger charge is 2.31. The summed E-state index contributed by atoms with van der Waals surface area (Å²) in [5.74, 6) is -1.11. The number of ether oxygens (including phenoxy) is 2. The van der Waals surface area contributed by atoms with E-state index in [4.69, 9.17) is 9.47 Å². The van der Waals surface area contributed by atoms with E-state index in [1.54, 1.807) is 6.92 Å². The number of hydrogen-bond donors (Lipinski definition) is 0. The van der Waals surface area contributed by atoms with Crippen LogP contribution in [0.25, 0.3) is 0 Å². The van der Waals surface area contributed by atoms with Crippen LogP contribution < -0.4 is 0 Å². The first-order chi connectivity index (χ1) is 7.99. The van der Waals surface area contributed by atoms with Crippen LogP contribution in [0.5, 0.6) is 0 Å². The molecule has 0 aromatic heterocycles. The molecule has 2 aliphatic heterocycles. The number of likely N-dealkylation sites (tertiary alicyclic amines) is 1. The van der Waals surface area contributed by atoms with Crippen molar-refractivity contribution in [1.82, 2.24) is 4.90 Å². The van der Waals surface area contributed by atoms with Crippen molar-refractivity contribution in [1.29, 1.82) is 0 Å². The lowest BCUT2D eigenvalue weighted by Gasteiger charge is -2.07. The van der Waals surface area contributed by atoms with Gasteiger partial charge >= 0.3 is 5.97 Å². The fourth-order valence-electron chi connectivity index (χ4n) is 1.50. The zero-order valence-corrected chi connectivity index (χ0v) is 9.43. The molecule has 0 N–H and O–H groups in total. The molecule has 0 spiro atoms. The average Bonchev–Trinajstić information content (AvgIpc) is 2.72. The number of hydrogen-bond acceptors (Lipinski definition) is 5. The fourth-order valence-corrected chi connectivity index (χ4v) is 1.50. The van der Waals surface area contributed by atoms with Gasteiger partial charge in [-0.1, -0.05) is 0 Å². The first kappa shape index (κ1) is 11.4. The Balaban J connectivity index is 2.01. The molecule has 1 saturated heterocycles. The summed E-state index contributed by atoms with van der Waals surface area (Å²) in [5, 5.41) is 0. The Kier molecular flexibility index (Phi) is 2.71. The number of carbonyl (C=O) groups excluding carboxylic acids is 3. The standard InChI is InChI=1S/C11H11NO5/c1-6-3-9(17-11(6)15)16-5-7-4-8(13)12(2)10(7)14/h3,5,9H,4H2,1-2H3/b7-5+. The molecule has 2 amide bonds. The molecule has 0 aliphatic carbocycles. The Morgan fingerprint density at radius 2 is 2.18 bits per heavy atom. The molecule has 1 unspecified atom stereocenters. The van der Waals surface area contributed by atoms with Crippen molar-refractivity contribution in [3.63, 3.8) is 0 Å². The number of imide groups is 1. The van der Waals surface area contributed by atoms with Crippen molar-refractivity contribution in [3.8, 4) is 0 Å². The normalized spacial score (nSPS) is 26.6. The Hall–Kier alpha value is -2.11. The molecule has 0 saturated carbocycles. The van der Waals surface area contributed by atoms with Crippen molar-refractivity contribution < 1.29 is 23.9 Å². The zero-order chi connectivity index (χ0) is 12.6. The Labute approximate surface area is 97.5 Å². The molecule has 90 valence electrons. The van der Waals surface area contributed by atoms with Gasteiger partial charge in [-0.15, -0.1) is 0 Å². The third-order valence-corrected chi connectivity index (χ3v) is 2.57. The number of likely N-dealkylation sites (N-methyl/N-ethyl adjacent to an activating group) is 1. The SMILES string of the molecule is CC1=CC(O/C=C2\CC(=O)N(C)C2=O)OC1=O. The highest BCUT2D eigenvalue weighted by atomic mass is 16.7. The molecule has 2 heterocycles. The van der Waals surface area contributed by atoms with Gasteiger partial charge in [-0.2, -0.15) is 0 Å². The van der Waals surface area contributed by atoms with Crippen LogP contribution in [0, 0.1) is 0 Å². The van der Waals surface area contributed by atoms with Crippen LogP contribution in [-0.2, 0) is 23.9 Å². The maximum atomic E-state index is 11.5. The minimum Gasteiger partial charge on any atom is -0.458 e. The van der Waals surface area contributed by atoms with Crippen molar-refractivity contribution in [2.45, 2.75) is 19.6 Å². The molecule has 0 aromatic carbocycles. The van der Waals surface area contributed by atoms with Gasteiger partial charge in [0, 0.05) is 18.7 Å². The van der Waals surface area contributed by atoms with E-state index in [-0.39, 0.29) is 23.8 Å². The summed E-state index contributed by atoms with van der Waals surface area (Å²) in [4.78, 5) is 34.7. The summed E-state index contributed by atoms with van der Waals surface area (Å²) in [5.41, 5.74) is 0.714. The third-order valence-electron chi connectivity index (χ3n) is 2.57. The molecule has 6 nitrogen and oxygen atoms in total. The van der Waals surface area contributed by atoms with E-state index in [9.17, 15) is 14.4 Å². The first-order valence-corrected chi connectivity index (χ1v) is 5.04. The van der Waals surface area contributed by atoms with Crippen molar-refractivity contribution in [2.24, 2.45) is 0 Å². The third kappa shape index (κ3) is 2.06. The minimum atomic E-state index is -0.816. The summed E-state index contributed by atoms with van der Waals surface area (Å²) in [6.45, 7) is 1.61. The predicted octanol–water partition coefficient (Wildman–Crippen LogP) is 0.105. The van der Waals surface area contributed by atoms with Crippen LogP contribution in [-0.4, -0.2) is 36.0 Å². The highest BCUT2D eigenvalue weighted by Crippen LogP contribution is 2.19. The Morgan fingerprint density at radius 1 is 1.47 bits per heavy atom. The van der Waals surface area contributed by atoms with Crippen molar-refractivity contribution in [2.75, 3.05) is 7.05 Å². The van der Waals surface area contributed by atoms with E-state index < -0.39 is 12.3 Å². The van der Waals surface area contributed by atoms with Gasteiger partial charge in [0.15, 0.2) is 0 Å². The fraction of sp³-hybridized carbons (Fsp3) is 0.364.